The molecule has 0 aliphatic carbocycles. The van der Waals surface area contributed by atoms with Crippen molar-refractivity contribution < 1.29 is 14.3 Å². The Bertz CT molecular complexity index is 514. The number of benzene rings is 1. The summed E-state index contributed by atoms with van der Waals surface area (Å²) >= 11 is 6.15. The van der Waals surface area contributed by atoms with Gasteiger partial charge in [0.2, 0.25) is 5.91 Å². The molecule has 3 N–H and O–H groups in total. The number of amides is 1. The molecular formula is C17H25ClN2O3. The first-order chi connectivity index (χ1) is 11.1. The quantitative estimate of drug-likeness (QED) is 0.794. The normalized spacial score (nSPS) is 18.4. The van der Waals surface area contributed by atoms with Crippen LogP contribution in [-0.2, 0) is 19.7 Å². The van der Waals surface area contributed by atoms with Gasteiger partial charge in [-0.25, -0.2) is 0 Å². The molecule has 1 aromatic carbocycles. The van der Waals surface area contributed by atoms with Crippen LogP contribution in [0.5, 0.6) is 0 Å². The van der Waals surface area contributed by atoms with Crippen molar-refractivity contribution in [1.82, 2.24) is 5.32 Å². The molecule has 1 saturated heterocycles. The molecule has 2 rings (SSSR count). The summed E-state index contributed by atoms with van der Waals surface area (Å²) in [5.41, 5.74) is 6.58. The molecule has 6 heteroatoms. The Balaban J connectivity index is 2.06. The highest BCUT2D eigenvalue weighted by Crippen LogP contribution is 2.35. The van der Waals surface area contributed by atoms with Crippen LogP contribution in [0.4, 0.5) is 0 Å². The lowest BCUT2D eigenvalue weighted by atomic mass is 9.74. The van der Waals surface area contributed by atoms with E-state index in [0.717, 1.165) is 18.4 Å². The van der Waals surface area contributed by atoms with E-state index in [1.54, 1.807) is 7.11 Å². The van der Waals surface area contributed by atoms with Gasteiger partial charge in [-0.15, -0.1) is 0 Å². The zero-order chi connectivity index (χ0) is 16.7. The Hall–Kier alpha value is -1.14. The molecule has 5 nitrogen and oxygen atoms in total. The molecule has 0 aromatic heterocycles. The van der Waals surface area contributed by atoms with Crippen molar-refractivity contribution >= 4 is 17.5 Å². The van der Waals surface area contributed by atoms with E-state index < -0.39 is 0 Å². The minimum atomic E-state index is -0.244. The van der Waals surface area contributed by atoms with E-state index in [1.807, 2.05) is 18.2 Å². The third kappa shape index (κ3) is 4.91. The van der Waals surface area contributed by atoms with Gasteiger partial charge >= 0.3 is 0 Å². The first kappa shape index (κ1) is 18.2. The highest BCUT2D eigenvalue weighted by Gasteiger charge is 2.35. The van der Waals surface area contributed by atoms with E-state index in [9.17, 15) is 4.79 Å². The molecule has 0 bridgehead atoms. The van der Waals surface area contributed by atoms with Gasteiger partial charge in [0.05, 0.1) is 12.5 Å². The van der Waals surface area contributed by atoms with Crippen molar-refractivity contribution in [3.8, 4) is 0 Å². The summed E-state index contributed by atoms with van der Waals surface area (Å²) in [4.78, 5) is 12.2. The summed E-state index contributed by atoms with van der Waals surface area (Å²) in [5.74, 6) is -0.0461. The van der Waals surface area contributed by atoms with Gasteiger partial charge in [0.15, 0.2) is 0 Å². The zero-order valence-electron chi connectivity index (χ0n) is 13.5. The smallest absolute Gasteiger partial charge is 0.222 e. The number of nitrogens with two attached hydrogens (primary N) is 1. The van der Waals surface area contributed by atoms with Crippen LogP contribution in [0.15, 0.2) is 24.3 Å². The summed E-state index contributed by atoms with van der Waals surface area (Å²) in [6, 6.07) is 7.87. The summed E-state index contributed by atoms with van der Waals surface area (Å²) < 4.78 is 10.7. The van der Waals surface area contributed by atoms with Crippen molar-refractivity contribution in [1.29, 1.82) is 0 Å². The van der Waals surface area contributed by atoms with E-state index in [1.165, 1.54) is 0 Å². The molecule has 0 spiro atoms. The van der Waals surface area contributed by atoms with Gasteiger partial charge in [0, 0.05) is 43.9 Å². The molecule has 1 aliphatic heterocycles. The average Bonchev–Trinajstić information content (AvgIpc) is 2.58. The second kappa shape index (κ2) is 8.64. The largest absolute Gasteiger partial charge is 0.381 e. The Morgan fingerprint density at radius 1 is 1.48 bits per heavy atom. The standard InChI is InChI=1S/C17H25ClN2O3/c1-22-15(11-19)10-16(21)20-12-17(5-7-23-8-6-17)13-3-2-4-14(18)9-13/h2-4,9,15H,5-8,10-12,19H2,1H3,(H,20,21). The second-order valence-corrected chi connectivity index (χ2v) is 6.41. The van der Waals surface area contributed by atoms with Crippen LogP contribution in [0.1, 0.15) is 24.8 Å². The Labute approximate surface area is 142 Å². The lowest BCUT2D eigenvalue weighted by Gasteiger charge is -2.38. The number of methoxy groups -OCH3 is 1. The van der Waals surface area contributed by atoms with E-state index in [2.05, 4.69) is 11.4 Å². The molecule has 1 fully saturated rings. The van der Waals surface area contributed by atoms with Crippen LogP contribution in [0, 0.1) is 0 Å². The Kier molecular flexibility index (Phi) is 6.84. The molecule has 1 heterocycles. The summed E-state index contributed by atoms with van der Waals surface area (Å²) in [5, 5.41) is 3.75. The lowest BCUT2D eigenvalue weighted by Crippen LogP contribution is -2.45. The predicted molar refractivity (Wildman–Crippen MR) is 90.7 cm³/mol. The van der Waals surface area contributed by atoms with E-state index in [-0.39, 0.29) is 23.8 Å². The van der Waals surface area contributed by atoms with Crippen molar-refractivity contribution in [2.45, 2.75) is 30.8 Å². The molecular weight excluding hydrogens is 316 g/mol. The highest BCUT2D eigenvalue weighted by molar-refractivity contribution is 6.30. The van der Waals surface area contributed by atoms with Crippen LogP contribution in [0.3, 0.4) is 0 Å². The molecule has 1 atom stereocenters. The van der Waals surface area contributed by atoms with Gasteiger partial charge < -0.3 is 20.5 Å². The van der Waals surface area contributed by atoms with Crippen molar-refractivity contribution in [2.75, 3.05) is 33.4 Å². The molecule has 1 aromatic rings. The van der Waals surface area contributed by atoms with Crippen molar-refractivity contribution in [3.63, 3.8) is 0 Å². The lowest BCUT2D eigenvalue weighted by molar-refractivity contribution is -0.123. The molecule has 0 radical (unpaired) electrons. The molecule has 1 amide bonds. The Morgan fingerprint density at radius 2 is 2.22 bits per heavy atom. The minimum Gasteiger partial charge on any atom is -0.381 e. The van der Waals surface area contributed by atoms with E-state index in [0.29, 0.717) is 31.3 Å². The molecule has 1 aliphatic rings. The fourth-order valence-corrected chi connectivity index (χ4v) is 3.15. The predicted octanol–water partition coefficient (Wildman–Crippen LogP) is 1.87. The maximum Gasteiger partial charge on any atom is 0.222 e. The number of halogens is 1. The fraction of sp³-hybridized carbons (Fsp3) is 0.588. The topological polar surface area (TPSA) is 73.6 Å². The summed E-state index contributed by atoms with van der Waals surface area (Å²) in [6.07, 6.45) is 1.75. The van der Waals surface area contributed by atoms with Crippen LogP contribution >= 0.6 is 11.6 Å². The SMILES string of the molecule is COC(CN)CC(=O)NCC1(c2cccc(Cl)c2)CCOCC1. The third-order valence-corrected chi connectivity index (χ3v) is 4.76. The third-order valence-electron chi connectivity index (χ3n) is 4.52. The number of rotatable bonds is 7. The van der Waals surface area contributed by atoms with Crippen LogP contribution in [-0.4, -0.2) is 45.4 Å². The summed E-state index contributed by atoms with van der Waals surface area (Å²) in [7, 11) is 1.57. The van der Waals surface area contributed by atoms with E-state index >= 15 is 0 Å². The number of hydrogen-bond donors (Lipinski definition) is 2. The Morgan fingerprint density at radius 3 is 2.83 bits per heavy atom. The molecule has 23 heavy (non-hydrogen) atoms. The van der Waals surface area contributed by atoms with Gasteiger partial charge in [-0.3, -0.25) is 4.79 Å². The second-order valence-electron chi connectivity index (χ2n) is 5.98. The number of carbonyl (C=O) groups excluding carboxylic acids is 1. The average molecular weight is 341 g/mol. The first-order valence-corrected chi connectivity index (χ1v) is 8.31. The van der Waals surface area contributed by atoms with Gasteiger partial charge in [-0.2, -0.15) is 0 Å². The van der Waals surface area contributed by atoms with E-state index in [4.69, 9.17) is 26.8 Å². The van der Waals surface area contributed by atoms with Gasteiger partial charge in [-0.1, -0.05) is 23.7 Å². The zero-order valence-corrected chi connectivity index (χ0v) is 14.3. The van der Waals surface area contributed by atoms with Gasteiger partial charge in [0.25, 0.3) is 0 Å². The number of hydrogen-bond acceptors (Lipinski definition) is 4. The van der Waals surface area contributed by atoms with Crippen LogP contribution in [0.25, 0.3) is 0 Å². The molecule has 128 valence electrons. The monoisotopic (exact) mass is 340 g/mol. The maximum absolute atomic E-state index is 12.2. The first-order valence-electron chi connectivity index (χ1n) is 7.93. The number of nitrogens with one attached hydrogen (secondary N) is 1. The van der Waals surface area contributed by atoms with Crippen molar-refractivity contribution in [2.24, 2.45) is 5.73 Å². The minimum absolute atomic E-state index is 0.0461. The van der Waals surface area contributed by atoms with Gasteiger partial charge in [0.1, 0.15) is 0 Å². The number of ether oxygens (including phenoxy) is 2. The highest BCUT2D eigenvalue weighted by atomic mass is 35.5. The van der Waals surface area contributed by atoms with Gasteiger partial charge in [-0.05, 0) is 30.5 Å². The molecule has 1 unspecified atom stereocenters. The summed E-state index contributed by atoms with van der Waals surface area (Å²) in [6.45, 7) is 2.27. The van der Waals surface area contributed by atoms with Crippen LogP contribution in [0.2, 0.25) is 5.02 Å². The fourth-order valence-electron chi connectivity index (χ4n) is 2.96. The van der Waals surface area contributed by atoms with Crippen molar-refractivity contribution in [3.05, 3.63) is 34.9 Å². The maximum atomic E-state index is 12.2. The molecule has 0 saturated carbocycles. The number of carbonyl (C=O) groups is 1. The van der Waals surface area contributed by atoms with Crippen LogP contribution < -0.4 is 11.1 Å².